The molecule has 1 aliphatic heterocycles. The molecule has 0 spiro atoms. The summed E-state index contributed by atoms with van der Waals surface area (Å²) in [5.41, 5.74) is 1.93. The van der Waals surface area contributed by atoms with Crippen molar-refractivity contribution in [1.82, 2.24) is 4.31 Å². The Hall–Kier alpha value is -3.56. The number of ether oxygens (including phenoxy) is 1. The van der Waals surface area contributed by atoms with Gasteiger partial charge in [-0.15, -0.1) is 0 Å². The van der Waals surface area contributed by atoms with E-state index >= 15 is 0 Å². The minimum Gasteiger partial charge on any atom is -0.456 e. The lowest BCUT2D eigenvalue weighted by atomic mass is 9.92. The summed E-state index contributed by atoms with van der Waals surface area (Å²) in [6.07, 6.45) is 0.264. The molecule has 0 radical (unpaired) electrons. The van der Waals surface area contributed by atoms with Gasteiger partial charge in [-0.3, -0.25) is 9.59 Å². The fraction of sp³-hybridized carbons (Fsp3) is 0.200. The Labute approximate surface area is 197 Å². The van der Waals surface area contributed by atoms with E-state index in [9.17, 15) is 22.4 Å². The van der Waals surface area contributed by atoms with E-state index < -0.39 is 40.4 Å². The van der Waals surface area contributed by atoms with Crippen molar-refractivity contribution in [3.8, 4) is 0 Å². The van der Waals surface area contributed by atoms with Crippen molar-refractivity contribution in [3.05, 3.63) is 95.8 Å². The monoisotopic (exact) mass is 482 g/mol. The molecule has 0 fully saturated rings. The summed E-state index contributed by atoms with van der Waals surface area (Å²) in [4.78, 5) is 24.9. The highest BCUT2D eigenvalue weighted by atomic mass is 32.2. The largest absolute Gasteiger partial charge is 0.456 e. The molecule has 176 valence electrons. The minimum absolute atomic E-state index is 0.141. The highest BCUT2D eigenvalue weighted by Crippen LogP contribution is 2.36. The van der Waals surface area contributed by atoms with Gasteiger partial charge in [0, 0.05) is 12.2 Å². The first-order valence-electron chi connectivity index (χ1n) is 10.7. The molecule has 1 heterocycles. The van der Waals surface area contributed by atoms with Crippen LogP contribution in [0.15, 0.2) is 83.8 Å². The van der Waals surface area contributed by atoms with Crippen LogP contribution in [0.4, 0.5) is 10.1 Å². The maximum absolute atomic E-state index is 13.4. The van der Waals surface area contributed by atoms with E-state index in [1.165, 1.54) is 34.6 Å². The van der Waals surface area contributed by atoms with E-state index in [0.29, 0.717) is 6.42 Å². The zero-order chi connectivity index (χ0) is 24.1. The smallest absolute Gasteiger partial charge is 0.308 e. The van der Waals surface area contributed by atoms with Gasteiger partial charge in [0.2, 0.25) is 10.0 Å². The second-order valence-corrected chi connectivity index (χ2v) is 9.71. The molecule has 0 saturated carbocycles. The molecular formula is C25H23FN2O5S. The number of rotatable bonds is 7. The zero-order valence-electron chi connectivity index (χ0n) is 18.2. The van der Waals surface area contributed by atoms with Crippen LogP contribution in [-0.4, -0.2) is 37.8 Å². The van der Waals surface area contributed by atoms with Crippen LogP contribution in [0.3, 0.4) is 0 Å². The van der Waals surface area contributed by atoms with Gasteiger partial charge in [-0.05, 0) is 47.9 Å². The first-order valence-corrected chi connectivity index (χ1v) is 12.1. The lowest BCUT2D eigenvalue weighted by molar-refractivity contribution is -0.148. The number of nitrogens with one attached hydrogen (secondary N) is 1. The average molecular weight is 483 g/mol. The normalized spacial score (nSPS) is 15.9. The number of fused-ring (bicyclic) bond motifs is 1. The second-order valence-electron chi connectivity index (χ2n) is 7.82. The van der Waals surface area contributed by atoms with Crippen LogP contribution in [0, 0.1) is 5.82 Å². The number of carbonyl (C=O) groups excluding carboxylic acids is 2. The summed E-state index contributed by atoms with van der Waals surface area (Å²) in [6.45, 7) is -0.360. The molecule has 1 atom stereocenters. The van der Waals surface area contributed by atoms with E-state index in [1.807, 2.05) is 12.1 Å². The Morgan fingerprint density at radius 2 is 1.74 bits per heavy atom. The number of carbonyl (C=O) groups is 2. The molecule has 0 aliphatic carbocycles. The quantitative estimate of drug-likeness (QED) is 0.519. The van der Waals surface area contributed by atoms with Crippen molar-refractivity contribution in [2.45, 2.75) is 23.8 Å². The molecule has 1 N–H and O–H groups in total. The van der Waals surface area contributed by atoms with Crippen LogP contribution in [-0.2, 0) is 30.8 Å². The van der Waals surface area contributed by atoms with Gasteiger partial charge < -0.3 is 10.1 Å². The lowest BCUT2D eigenvalue weighted by Crippen LogP contribution is -2.41. The van der Waals surface area contributed by atoms with E-state index in [-0.39, 0.29) is 23.5 Å². The number of esters is 1. The molecule has 34 heavy (non-hydrogen) atoms. The molecule has 3 aromatic carbocycles. The van der Waals surface area contributed by atoms with Crippen molar-refractivity contribution >= 4 is 27.6 Å². The maximum atomic E-state index is 13.4. The van der Waals surface area contributed by atoms with E-state index in [0.717, 1.165) is 17.2 Å². The average Bonchev–Trinajstić information content (AvgIpc) is 2.83. The number of benzene rings is 3. The Kier molecular flexibility index (Phi) is 7.04. The van der Waals surface area contributed by atoms with Gasteiger partial charge in [0.1, 0.15) is 5.82 Å². The SMILES string of the molecule is O=C(COC(=O)CC1c2ccccc2CCN1S(=O)(=O)c1ccccc1)Nc1cccc(F)c1. The van der Waals surface area contributed by atoms with Crippen molar-refractivity contribution in [3.63, 3.8) is 0 Å². The first kappa shape index (κ1) is 23.6. The van der Waals surface area contributed by atoms with Gasteiger partial charge in [0.25, 0.3) is 5.91 Å². The van der Waals surface area contributed by atoms with Gasteiger partial charge in [0.15, 0.2) is 6.61 Å². The van der Waals surface area contributed by atoms with Crippen molar-refractivity contribution in [2.75, 3.05) is 18.5 Å². The number of anilines is 1. The van der Waals surface area contributed by atoms with Gasteiger partial charge in [-0.25, -0.2) is 12.8 Å². The Balaban J connectivity index is 1.49. The molecule has 0 bridgehead atoms. The fourth-order valence-electron chi connectivity index (χ4n) is 3.98. The molecule has 4 rings (SSSR count). The molecule has 9 heteroatoms. The number of hydrogen-bond acceptors (Lipinski definition) is 5. The number of amides is 1. The molecule has 1 aliphatic rings. The van der Waals surface area contributed by atoms with Crippen LogP contribution < -0.4 is 5.32 Å². The van der Waals surface area contributed by atoms with Gasteiger partial charge in [-0.1, -0.05) is 48.5 Å². The van der Waals surface area contributed by atoms with Crippen LogP contribution >= 0.6 is 0 Å². The molecular weight excluding hydrogens is 459 g/mol. The van der Waals surface area contributed by atoms with Crippen LogP contribution in [0.25, 0.3) is 0 Å². The summed E-state index contributed by atoms with van der Waals surface area (Å²) in [5.74, 6) is -1.86. The number of sulfonamides is 1. The fourth-order valence-corrected chi connectivity index (χ4v) is 5.61. The number of halogens is 1. The molecule has 1 amide bonds. The zero-order valence-corrected chi connectivity index (χ0v) is 19.0. The lowest BCUT2D eigenvalue weighted by Gasteiger charge is -2.36. The van der Waals surface area contributed by atoms with Gasteiger partial charge >= 0.3 is 5.97 Å². The van der Waals surface area contributed by atoms with Gasteiger partial charge in [0.05, 0.1) is 17.4 Å². The summed E-state index contributed by atoms with van der Waals surface area (Å²) in [6, 6.07) is 20.0. The second kappa shape index (κ2) is 10.1. The van der Waals surface area contributed by atoms with E-state index in [2.05, 4.69) is 5.32 Å². The van der Waals surface area contributed by atoms with Crippen molar-refractivity contribution in [1.29, 1.82) is 0 Å². The minimum atomic E-state index is -3.86. The molecule has 0 aromatic heterocycles. The summed E-state index contributed by atoms with van der Waals surface area (Å²) in [7, 11) is -3.86. The van der Waals surface area contributed by atoms with Crippen molar-refractivity contribution in [2.24, 2.45) is 0 Å². The third kappa shape index (κ3) is 5.32. The third-order valence-electron chi connectivity index (χ3n) is 5.55. The predicted molar refractivity (Wildman–Crippen MR) is 124 cm³/mol. The molecule has 7 nitrogen and oxygen atoms in total. The third-order valence-corrected chi connectivity index (χ3v) is 7.47. The molecule has 0 saturated heterocycles. The number of hydrogen-bond donors (Lipinski definition) is 1. The summed E-state index contributed by atoms with van der Waals surface area (Å²) < 4.78 is 46.5. The van der Waals surface area contributed by atoms with Gasteiger partial charge in [-0.2, -0.15) is 4.31 Å². The highest BCUT2D eigenvalue weighted by Gasteiger charge is 2.37. The first-order chi connectivity index (χ1) is 16.3. The summed E-state index contributed by atoms with van der Waals surface area (Å²) >= 11 is 0. The van der Waals surface area contributed by atoms with Crippen LogP contribution in [0.5, 0.6) is 0 Å². The van der Waals surface area contributed by atoms with E-state index in [4.69, 9.17) is 4.74 Å². The standard InChI is InChI=1S/C25H23FN2O5S/c26-19-8-6-9-20(15-19)27-24(29)17-33-25(30)16-23-22-12-5-4-7-18(22)13-14-28(23)34(31,32)21-10-2-1-3-11-21/h1-12,15,23H,13-14,16-17H2,(H,27,29). The highest BCUT2D eigenvalue weighted by molar-refractivity contribution is 7.89. The Morgan fingerprint density at radius 3 is 2.50 bits per heavy atom. The number of nitrogens with zero attached hydrogens (tertiary/aromatic N) is 1. The molecule has 3 aromatic rings. The maximum Gasteiger partial charge on any atom is 0.308 e. The molecule has 1 unspecified atom stereocenters. The van der Waals surface area contributed by atoms with Crippen LogP contribution in [0.2, 0.25) is 0 Å². The Bertz CT molecular complexity index is 1300. The summed E-state index contributed by atoms with van der Waals surface area (Å²) in [5, 5.41) is 2.45. The predicted octanol–water partition coefficient (Wildman–Crippen LogP) is 3.69. The Morgan fingerprint density at radius 1 is 1.00 bits per heavy atom. The van der Waals surface area contributed by atoms with Crippen molar-refractivity contribution < 1.29 is 27.1 Å². The van der Waals surface area contributed by atoms with Crippen LogP contribution in [0.1, 0.15) is 23.6 Å². The topological polar surface area (TPSA) is 92.8 Å². The van der Waals surface area contributed by atoms with E-state index in [1.54, 1.807) is 30.3 Å².